The van der Waals surface area contributed by atoms with Crippen molar-refractivity contribution in [1.29, 1.82) is 0 Å². The van der Waals surface area contributed by atoms with Gasteiger partial charge in [-0.25, -0.2) is 0 Å². The van der Waals surface area contributed by atoms with Crippen LogP contribution in [0.2, 0.25) is 0 Å². The van der Waals surface area contributed by atoms with Crippen LogP contribution in [0.25, 0.3) is 0 Å². The van der Waals surface area contributed by atoms with Gasteiger partial charge in [0.05, 0.1) is 0 Å². The zero-order valence-corrected chi connectivity index (χ0v) is 11.6. The van der Waals surface area contributed by atoms with Gasteiger partial charge in [0.2, 0.25) is 0 Å². The monoisotopic (exact) mass is 357 g/mol. The molecule has 0 saturated heterocycles. The molecule has 0 aliphatic heterocycles. The Bertz CT molecular complexity index is 567. The van der Waals surface area contributed by atoms with Crippen LogP contribution in [-0.2, 0) is 0 Å². The summed E-state index contributed by atoms with van der Waals surface area (Å²) in [6.07, 6.45) is 0. The number of hydrogen-bond donors (Lipinski definition) is 0. The Kier molecular flexibility index (Phi) is 4.08. The minimum atomic E-state index is -0.941. The predicted molar refractivity (Wildman–Crippen MR) is 69.3 cm³/mol. The first-order valence-corrected chi connectivity index (χ1v) is 7.51. The van der Waals surface area contributed by atoms with Crippen molar-refractivity contribution >= 4 is 34.1 Å². The van der Waals surface area contributed by atoms with Crippen LogP contribution in [0.3, 0.4) is 0 Å². The molecule has 0 aliphatic rings. The Hall–Kier alpha value is -1.70. The average molecular weight is 355 g/mol. The van der Waals surface area contributed by atoms with Crippen LogP contribution in [0.4, 0.5) is 5.69 Å². The molecule has 0 aliphatic carbocycles. The molecule has 0 unspecified atom stereocenters. The minimum absolute atomic E-state index is 0.00635. The van der Waals surface area contributed by atoms with Gasteiger partial charge in [-0.1, -0.05) is 0 Å². The van der Waals surface area contributed by atoms with Crippen LogP contribution < -0.4 is 3.61 Å². The molecule has 0 N–H and O–H groups in total. The van der Waals surface area contributed by atoms with Gasteiger partial charge in [0.25, 0.3) is 0 Å². The molecular formula is C13H9NO3Te. The van der Waals surface area contributed by atoms with Crippen molar-refractivity contribution in [2.24, 2.45) is 0 Å². The first-order valence-electron chi connectivity index (χ1n) is 5.18. The van der Waals surface area contributed by atoms with Gasteiger partial charge in [0.15, 0.2) is 0 Å². The fourth-order valence-electron chi connectivity index (χ4n) is 1.37. The van der Waals surface area contributed by atoms with E-state index in [0.717, 1.165) is 3.61 Å². The molecule has 0 saturated carbocycles. The Labute approximate surface area is 114 Å². The summed E-state index contributed by atoms with van der Waals surface area (Å²) in [5, 5.41) is 10.5. The maximum absolute atomic E-state index is 12.0. The normalized spacial score (nSPS) is 10.0. The number of rotatable bonds is 4. The SMILES string of the molecule is O=C([Te]c1ccccc1)c1ccc([N+](=O)[O-])cc1. The van der Waals surface area contributed by atoms with Crippen LogP contribution in [0.15, 0.2) is 54.6 Å². The number of nitro groups is 1. The van der Waals surface area contributed by atoms with E-state index in [-0.39, 0.29) is 9.52 Å². The molecule has 0 heterocycles. The molecule has 18 heavy (non-hydrogen) atoms. The van der Waals surface area contributed by atoms with Gasteiger partial charge in [0.1, 0.15) is 0 Å². The molecule has 2 aromatic rings. The van der Waals surface area contributed by atoms with Gasteiger partial charge in [0, 0.05) is 0 Å². The van der Waals surface area contributed by atoms with Crippen molar-refractivity contribution in [3.05, 3.63) is 70.3 Å². The van der Waals surface area contributed by atoms with Gasteiger partial charge < -0.3 is 0 Å². The number of nitro benzene ring substituents is 1. The van der Waals surface area contributed by atoms with Crippen molar-refractivity contribution < 1.29 is 9.72 Å². The van der Waals surface area contributed by atoms with Crippen molar-refractivity contribution in [1.82, 2.24) is 0 Å². The maximum atomic E-state index is 12.0. The summed E-state index contributed by atoms with van der Waals surface area (Å²) >= 11 is -0.941. The summed E-state index contributed by atoms with van der Waals surface area (Å²) in [5.74, 6) is 0. The molecule has 2 rings (SSSR count). The van der Waals surface area contributed by atoms with E-state index >= 15 is 0 Å². The van der Waals surface area contributed by atoms with Gasteiger partial charge in [-0.05, 0) is 0 Å². The fourth-order valence-corrected chi connectivity index (χ4v) is 3.55. The molecule has 90 valence electrons. The van der Waals surface area contributed by atoms with Crippen LogP contribution >= 0.6 is 0 Å². The molecule has 5 heteroatoms. The third-order valence-corrected chi connectivity index (χ3v) is 4.92. The standard InChI is InChI=1S/C13H9NO3Te/c15-13(18-12-4-2-1-3-5-12)10-6-8-11(9-7-10)14(16)17/h1-9H. The van der Waals surface area contributed by atoms with Crippen LogP contribution in [-0.4, -0.2) is 29.7 Å². The molecular weight excluding hydrogens is 346 g/mol. The van der Waals surface area contributed by atoms with Crippen LogP contribution in [0, 0.1) is 10.1 Å². The molecule has 0 spiro atoms. The fraction of sp³-hybridized carbons (Fsp3) is 0. The molecule has 0 fully saturated rings. The van der Waals surface area contributed by atoms with E-state index in [1.165, 1.54) is 24.3 Å². The predicted octanol–water partition coefficient (Wildman–Crippen LogP) is 1.76. The third kappa shape index (κ3) is 3.16. The van der Waals surface area contributed by atoms with E-state index < -0.39 is 25.8 Å². The molecule has 0 radical (unpaired) electrons. The zero-order chi connectivity index (χ0) is 13.0. The number of carbonyl (C=O) groups is 1. The summed E-state index contributed by atoms with van der Waals surface area (Å²) in [6, 6.07) is 15.4. The summed E-state index contributed by atoms with van der Waals surface area (Å²) in [6.45, 7) is 0. The molecule has 0 amide bonds. The van der Waals surface area contributed by atoms with Crippen molar-refractivity contribution in [2.75, 3.05) is 0 Å². The zero-order valence-electron chi connectivity index (χ0n) is 9.28. The van der Waals surface area contributed by atoms with E-state index in [1.54, 1.807) is 0 Å². The van der Waals surface area contributed by atoms with E-state index in [0.29, 0.717) is 5.56 Å². The van der Waals surface area contributed by atoms with Crippen molar-refractivity contribution in [2.45, 2.75) is 0 Å². The Morgan fingerprint density at radius 1 is 1.00 bits per heavy atom. The number of hydrogen-bond acceptors (Lipinski definition) is 3. The Morgan fingerprint density at radius 2 is 1.61 bits per heavy atom. The van der Waals surface area contributed by atoms with Crippen LogP contribution in [0.5, 0.6) is 0 Å². The second-order valence-electron chi connectivity index (χ2n) is 3.51. The summed E-state index contributed by atoms with van der Waals surface area (Å²) in [7, 11) is 0. The topological polar surface area (TPSA) is 60.2 Å². The Balaban J connectivity index is 2.12. The number of non-ortho nitro benzene ring substituents is 1. The molecule has 0 bridgehead atoms. The van der Waals surface area contributed by atoms with Gasteiger partial charge in [-0.2, -0.15) is 0 Å². The Morgan fingerprint density at radius 3 is 2.17 bits per heavy atom. The van der Waals surface area contributed by atoms with E-state index in [1.807, 2.05) is 30.3 Å². The molecule has 0 aromatic heterocycles. The summed E-state index contributed by atoms with van der Waals surface area (Å²) in [5.41, 5.74) is 0.554. The average Bonchev–Trinajstić information content (AvgIpc) is 2.40. The quantitative estimate of drug-likeness (QED) is 0.477. The molecule has 0 atom stereocenters. The molecule has 2 aromatic carbocycles. The van der Waals surface area contributed by atoms with Gasteiger partial charge in [-0.15, -0.1) is 0 Å². The first kappa shape index (κ1) is 12.7. The van der Waals surface area contributed by atoms with Crippen molar-refractivity contribution in [3.8, 4) is 0 Å². The van der Waals surface area contributed by atoms with E-state index in [4.69, 9.17) is 0 Å². The van der Waals surface area contributed by atoms with Gasteiger partial charge in [-0.3, -0.25) is 0 Å². The number of carbonyl (C=O) groups excluding carboxylic acids is 1. The second-order valence-corrected chi connectivity index (χ2v) is 6.49. The number of benzene rings is 2. The van der Waals surface area contributed by atoms with Crippen LogP contribution in [0.1, 0.15) is 10.4 Å². The summed E-state index contributed by atoms with van der Waals surface area (Å²) < 4.78 is 1.15. The van der Waals surface area contributed by atoms with E-state index in [2.05, 4.69) is 0 Å². The first-order chi connectivity index (χ1) is 8.66. The third-order valence-electron chi connectivity index (χ3n) is 2.27. The molecule has 4 nitrogen and oxygen atoms in total. The van der Waals surface area contributed by atoms with Crippen molar-refractivity contribution in [3.63, 3.8) is 0 Å². The second kappa shape index (κ2) is 5.76. The van der Waals surface area contributed by atoms with Gasteiger partial charge >= 0.3 is 114 Å². The number of nitrogens with zero attached hydrogens (tertiary/aromatic N) is 1. The van der Waals surface area contributed by atoms with E-state index in [9.17, 15) is 14.9 Å². The summed E-state index contributed by atoms with van der Waals surface area (Å²) in [4.78, 5) is 22.0.